The number of hydrogen-bond acceptors (Lipinski definition) is 3. The maximum atomic E-state index is 14.2. The van der Waals surface area contributed by atoms with Gasteiger partial charge in [-0.1, -0.05) is 0 Å². The van der Waals surface area contributed by atoms with Crippen LogP contribution in [0.3, 0.4) is 0 Å². The van der Waals surface area contributed by atoms with Crippen LogP contribution < -0.4 is 5.56 Å². The summed E-state index contributed by atoms with van der Waals surface area (Å²) in [7, 11) is 0. The van der Waals surface area contributed by atoms with Crippen LogP contribution in [-0.4, -0.2) is 52.4 Å². The van der Waals surface area contributed by atoms with Crippen LogP contribution in [0.2, 0.25) is 0 Å². The zero-order chi connectivity index (χ0) is 22.5. The van der Waals surface area contributed by atoms with Crippen LogP contribution in [0.1, 0.15) is 48.5 Å². The van der Waals surface area contributed by atoms with Crippen LogP contribution in [0.15, 0.2) is 41.3 Å². The molecule has 31 heavy (non-hydrogen) atoms. The van der Waals surface area contributed by atoms with Gasteiger partial charge in [0.15, 0.2) is 0 Å². The van der Waals surface area contributed by atoms with Gasteiger partial charge < -0.3 is 14.4 Å². The van der Waals surface area contributed by atoms with Crippen molar-refractivity contribution >= 4 is 11.8 Å². The van der Waals surface area contributed by atoms with Crippen LogP contribution >= 0.6 is 0 Å². The maximum absolute atomic E-state index is 14.2. The third kappa shape index (κ3) is 5.00. The molecule has 2 aromatic rings. The summed E-state index contributed by atoms with van der Waals surface area (Å²) in [5, 5.41) is 0. The molecule has 8 heteroatoms. The summed E-state index contributed by atoms with van der Waals surface area (Å²) in [5.74, 6) is -2.03. The molecule has 1 saturated heterocycles. The van der Waals surface area contributed by atoms with Gasteiger partial charge in [-0.05, 0) is 62.6 Å². The van der Waals surface area contributed by atoms with E-state index in [1.807, 2.05) is 13.8 Å². The van der Waals surface area contributed by atoms with Crippen LogP contribution in [-0.2, 0) is 11.3 Å². The molecule has 2 amide bonds. The quantitative estimate of drug-likeness (QED) is 0.707. The second kappa shape index (κ2) is 9.85. The number of aromatic nitrogens is 1. The van der Waals surface area contributed by atoms with Crippen molar-refractivity contribution in [2.45, 2.75) is 39.2 Å². The Morgan fingerprint density at radius 2 is 1.90 bits per heavy atom. The molecule has 1 fully saturated rings. The largest absolute Gasteiger partial charge is 0.342 e. The molecule has 1 unspecified atom stereocenters. The molecule has 0 aliphatic carbocycles. The van der Waals surface area contributed by atoms with Crippen molar-refractivity contribution < 1.29 is 18.4 Å². The highest BCUT2D eigenvalue weighted by molar-refractivity contribution is 5.94. The summed E-state index contributed by atoms with van der Waals surface area (Å²) in [4.78, 5) is 41.5. The van der Waals surface area contributed by atoms with Crippen LogP contribution in [0, 0.1) is 11.6 Å². The Hall–Kier alpha value is -3.03. The van der Waals surface area contributed by atoms with Gasteiger partial charge in [-0.25, -0.2) is 8.78 Å². The van der Waals surface area contributed by atoms with E-state index < -0.39 is 23.1 Å². The first-order valence-electron chi connectivity index (χ1n) is 10.6. The number of carbonyl (C=O) groups is 2. The van der Waals surface area contributed by atoms with E-state index in [9.17, 15) is 23.2 Å². The number of piperidine rings is 1. The van der Waals surface area contributed by atoms with Gasteiger partial charge in [0.25, 0.3) is 11.5 Å². The zero-order valence-corrected chi connectivity index (χ0v) is 17.8. The minimum atomic E-state index is -0.535. The molecule has 1 aliphatic heterocycles. The Kier molecular flexibility index (Phi) is 7.20. The van der Waals surface area contributed by atoms with Crippen molar-refractivity contribution in [1.82, 2.24) is 14.4 Å². The van der Waals surface area contributed by atoms with Crippen molar-refractivity contribution in [3.05, 3.63) is 69.6 Å². The van der Waals surface area contributed by atoms with Crippen LogP contribution in [0.4, 0.5) is 8.78 Å². The average Bonchev–Trinajstić information content (AvgIpc) is 2.77. The molecule has 1 aromatic carbocycles. The van der Waals surface area contributed by atoms with Crippen LogP contribution in [0.25, 0.3) is 0 Å². The molecule has 3 rings (SSSR count). The lowest BCUT2D eigenvalue weighted by Gasteiger charge is -2.33. The number of amides is 2. The summed E-state index contributed by atoms with van der Waals surface area (Å²) in [6, 6.07) is 6.33. The summed E-state index contributed by atoms with van der Waals surface area (Å²) >= 11 is 0. The van der Waals surface area contributed by atoms with E-state index in [0.29, 0.717) is 32.5 Å². The summed E-state index contributed by atoms with van der Waals surface area (Å²) in [6.45, 7) is 5.28. The van der Waals surface area contributed by atoms with E-state index in [4.69, 9.17) is 0 Å². The minimum absolute atomic E-state index is 0.0322. The van der Waals surface area contributed by atoms with Gasteiger partial charge in [0.05, 0.1) is 0 Å². The molecule has 0 radical (unpaired) electrons. The summed E-state index contributed by atoms with van der Waals surface area (Å²) in [6.07, 6.45) is 2.73. The second-order valence-corrected chi connectivity index (χ2v) is 7.68. The summed E-state index contributed by atoms with van der Waals surface area (Å²) < 4.78 is 29.1. The van der Waals surface area contributed by atoms with Crippen molar-refractivity contribution in [3.8, 4) is 0 Å². The van der Waals surface area contributed by atoms with Crippen molar-refractivity contribution in [1.29, 1.82) is 0 Å². The Bertz CT molecular complexity index is 1020. The lowest BCUT2D eigenvalue weighted by Crippen LogP contribution is -2.43. The first kappa shape index (κ1) is 22.7. The number of hydrogen-bond donors (Lipinski definition) is 0. The van der Waals surface area contributed by atoms with E-state index in [1.165, 1.54) is 27.8 Å². The Labute approximate surface area is 180 Å². The second-order valence-electron chi connectivity index (χ2n) is 7.68. The molecule has 0 saturated carbocycles. The number of carbonyl (C=O) groups excluding carboxylic acids is 2. The Balaban J connectivity index is 1.80. The number of likely N-dealkylation sites (N-methyl/N-ethyl adjacent to an activating group) is 1. The molecular weight excluding hydrogens is 404 g/mol. The SMILES string of the molecule is CCN(CC)C(=O)Cn1cccc(C(=O)N2CCCC(c3cc(F)ccc3F)C2)c1=O. The number of likely N-dealkylation sites (tertiary alicyclic amines) is 1. The highest BCUT2D eigenvalue weighted by Crippen LogP contribution is 2.29. The molecule has 0 spiro atoms. The van der Waals surface area contributed by atoms with Gasteiger partial charge in [0, 0.05) is 38.3 Å². The smallest absolute Gasteiger partial charge is 0.263 e. The van der Waals surface area contributed by atoms with Gasteiger partial charge in [-0.2, -0.15) is 0 Å². The number of halogens is 2. The Morgan fingerprint density at radius 3 is 2.61 bits per heavy atom. The number of nitrogens with zero attached hydrogens (tertiary/aromatic N) is 3. The van der Waals surface area contributed by atoms with E-state index >= 15 is 0 Å². The highest BCUT2D eigenvalue weighted by atomic mass is 19.1. The van der Waals surface area contributed by atoms with Crippen molar-refractivity contribution in [3.63, 3.8) is 0 Å². The van der Waals surface area contributed by atoms with E-state index in [0.717, 1.165) is 12.1 Å². The third-order valence-electron chi connectivity index (χ3n) is 5.78. The van der Waals surface area contributed by atoms with Gasteiger partial charge in [0.1, 0.15) is 23.7 Å². The molecule has 2 heterocycles. The van der Waals surface area contributed by atoms with Crippen LogP contribution in [0.5, 0.6) is 0 Å². The zero-order valence-electron chi connectivity index (χ0n) is 17.8. The normalized spacial score (nSPS) is 16.3. The van der Waals surface area contributed by atoms with Gasteiger partial charge in [-0.15, -0.1) is 0 Å². The molecular formula is C23H27F2N3O3. The number of benzene rings is 1. The number of rotatable bonds is 6. The first-order chi connectivity index (χ1) is 14.8. The van der Waals surface area contributed by atoms with Gasteiger partial charge in [-0.3, -0.25) is 14.4 Å². The van der Waals surface area contributed by atoms with E-state index in [2.05, 4.69) is 0 Å². The highest BCUT2D eigenvalue weighted by Gasteiger charge is 2.29. The third-order valence-corrected chi connectivity index (χ3v) is 5.78. The number of pyridine rings is 1. The standard InChI is InChI=1S/C23H27F2N3O3/c1-3-26(4-2)21(29)15-28-12-6-8-18(23(28)31)22(30)27-11-5-7-16(14-27)19-13-17(24)9-10-20(19)25/h6,8-10,12-13,16H,3-5,7,11,14-15H2,1-2H3. The van der Waals surface area contributed by atoms with Crippen molar-refractivity contribution in [2.75, 3.05) is 26.2 Å². The van der Waals surface area contributed by atoms with Crippen molar-refractivity contribution in [2.24, 2.45) is 0 Å². The lowest BCUT2D eigenvalue weighted by atomic mass is 9.90. The summed E-state index contributed by atoms with van der Waals surface area (Å²) in [5.41, 5.74) is -0.324. The fourth-order valence-electron chi connectivity index (χ4n) is 4.06. The minimum Gasteiger partial charge on any atom is -0.342 e. The molecule has 1 aliphatic rings. The molecule has 1 atom stereocenters. The fraction of sp³-hybridized carbons (Fsp3) is 0.435. The van der Waals surface area contributed by atoms with E-state index in [-0.39, 0.29) is 36.0 Å². The molecule has 6 nitrogen and oxygen atoms in total. The Morgan fingerprint density at radius 1 is 1.16 bits per heavy atom. The predicted molar refractivity (Wildman–Crippen MR) is 113 cm³/mol. The monoisotopic (exact) mass is 431 g/mol. The lowest BCUT2D eigenvalue weighted by molar-refractivity contribution is -0.131. The average molecular weight is 431 g/mol. The predicted octanol–water partition coefficient (Wildman–Crippen LogP) is 3.01. The van der Waals surface area contributed by atoms with E-state index in [1.54, 1.807) is 11.0 Å². The maximum Gasteiger partial charge on any atom is 0.263 e. The van der Waals surface area contributed by atoms with Gasteiger partial charge in [0.2, 0.25) is 5.91 Å². The van der Waals surface area contributed by atoms with Gasteiger partial charge >= 0.3 is 0 Å². The molecule has 0 N–H and O–H groups in total. The molecule has 166 valence electrons. The molecule has 0 bridgehead atoms. The topological polar surface area (TPSA) is 62.6 Å². The first-order valence-corrected chi connectivity index (χ1v) is 10.6. The molecule has 1 aromatic heterocycles. The fourth-order valence-corrected chi connectivity index (χ4v) is 4.06.